The average molecular weight is 249 g/mol. The second kappa shape index (κ2) is 5.43. The third kappa shape index (κ3) is 3.84. The molecule has 0 saturated heterocycles. The van der Waals surface area contributed by atoms with E-state index in [-0.39, 0.29) is 0 Å². The number of nitrogens with zero attached hydrogens (tertiary/aromatic N) is 2. The minimum absolute atomic E-state index is 0.482. The van der Waals surface area contributed by atoms with Gasteiger partial charge < -0.3 is 5.32 Å². The van der Waals surface area contributed by atoms with Crippen LogP contribution >= 0.6 is 0 Å². The van der Waals surface area contributed by atoms with Gasteiger partial charge in [0.1, 0.15) is 0 Å². The van der Waals surface area contributed by atoms with E-state index in [2.05, 4.69) is 38.1 Å². The summed E-state index contributed by atoms with van der Waals surface area (Å²) >= 11 is 0. The van der Waals surface area contributed by atoms with Gasteiger partial charge in [0.25, 0.3) is 0 Å². The number of aromatic nitrogens is 2. The van der Waals surface area contributed by atoms with Crippen LogP contribution in [0.15, 0.2) is 18.5 Å². The van der Waals surface area contributed by atoms with Crippen molar-refractivity contribution >= 4 is 0 Å². The van der Waals surface area contributed by atoms with Crippen molar-refractivity contribution < 1.29 is 0 Å². The third-order valence-corrected chi connectivity index (χ3v) is 3.93. The highest BCUT2D eigenvalue weighted by molar-refractivity contribution is 4.88. The highest BCUT2D eigenvalue weighted by atomic mass is 15.3. The van der Waals surface area contributed by atoms with E-state index in [1.807, 2.05) is 23.1 Å². The van der Waals surface area contributed by atoms with Gasteiger partial charge in [-0.3, -0.25) is 4.68 Å². The van der Waals surface area contributed by atoms with Gasteiger partial charge in [-0.05, 0) is 43.6 Å². The standard InChI is InChI=1S/C15H27N3/c1-12-8-14(10-15(3,4)9-12)17-13(2)11-18-7-5-6-16-18/h5-7,12-14,17H,8-11H2,1-4H3. The fourth-order valence-corrected chi connectivity index (χ4v) is 3.62. The molecule has 0 aromatic carbocycles. The van der Waals surface area contributed by atoms with Crippen LogP contribution in [-0.2, 0) is 6.54 Å². The molecule has 1 N–H and O–H groups in total. The summed E-state index contributed by atoms with van der Waals surface area (Å²) in [5, 5.41) is 8.05. The minimum Gasteiger partial charge on any atom is -0.310 e. The first-order chi connectivity index (χ1) is 8.44. The van der Waals surface area contributed by atoms with Gasteiger partial charge in [-0.15, -0.1) is 0 Å². The first-order valence-electron chi connectivity index (χ1n) is 7.18. The summed E-state index contributed by atoms with van der Waals surface area (Å²) in [6.07, 6.45) is 7.84. The molecule has 1 saturated carbocycles. The molecule has 1 aliphatic rings. The highest BCUT2D eigenvalue weighted by Crippen LogP contribution is 2.38. The van der Waals surface area contributed by atoms with Gasteiger partial charge in [-0.1, -0.05) is 20.8 Å². The zero-order chi connectivity index (χ0) is 13.2. The Morgan fingerprint density at radius 2 is 2.22 bits per heavy atom. The molecule has 1 fully saturated rings. The monoisotopic (exact) mass is 249 g/mol. The van der Waals surface area contributed by atoms with Crippen molar-refractivity contribution in [3.8, 4) is 0 Å². The molecule has 1 heterocycles. The maximum Gasteiger partial charge on any atom is 0.0560 e. The minimum atomic E-state index is 0.482. The molecule has 18 heavy (non-hydrogen) atoms. The second-order valence-electron chi connectivity index (χ2n) is 6.91. The van der Waals surface area contributed by atoms with Crippen molar-refractivity contribution in [3.63, 3.8) is 0 Å². The number of hydrogen-bond donors (Lipinski definition) is 1. The molecule has 102 valence electrons. The topological polar surface area (TPSA) is 29.9 Å². The first-order valence-corrected chi connectivity index (χ1v) is 7.18. The lowest BCUT2D eigenvalue weighted by Crippen LogP contribution is -2.45. The molecule has 3 unspecified atom stereocenters. The van der Waals surface area contributed by atoms with Gasteiger partial charge >= 0.3 is 0 Å². The quantitative estimate of drug-likeness (QED) is 0.888. The molecule has 1 aliphatic carbocycles. The number of hydrogen-bond acceptors (Lipinski definition) is 2. The normalized spacial score (nSPS) is 29.1. The smallest absolute Gasteiger partial charge is 0.0560 e. The third-order valence-electron chi connectivity index (χ3n) is 3.93. The lowest BCUT2D eigenvalue weighted by molar-refractivity contribution is 0.143. The molecule has 1 aromatic rings. The van der Waals surface area contributed by atoms with E-state index in [0.29, 0.717) is 17.5 Å². The lowest BCUT2D eigenvalue weighted by atomic mass is 9.70. The Labute approximate surface area is 111 Å². The SMILES string of the molecule is CC1CC(NC(C)Cn2cccn2)CC(C)(C)C1. The fourth-order valence-electron chi connectivity index (χ4n) is 3.62. The maximum absolute atomic E-state index is 4.27. The maximum atomic E-state index is 4.27. The summed E-state index contributed by atoms with van der Waals surface area (Å²) in [6.45, 7) is 10.4. The summed E-state index contributed by atoms with van der Waals surface area (Å²) < 4.78 is 2.01. The Balaban J connectivity index is 1.85. The zero-order valence-electron chi connectivity index (χ0n) is 12.2. The van der Waals surface area contributed by atoms with Crippen molar-refractivity contribution in [2.24, 2.45) is 11.3 Å². The molecule has 3 atom stereocenters. The van der Waals surface area contributed by atoms with Crippen molar-refractivity contribution in [3.05, 3.63) is 18.5 Å². The van der Waals surface area contributed by atoms with Gasteiger partial charge in [-0.25, -0.2) is 0 Å². The molecule has 0 spiro atoms. The summed E-state index contributed by atoms with van der Waals surface area (Å²) in [5.41, 5.74) is 0.487. The zero-order valence-corrected chi connectivity index (χ0v) is 12.2. The van der Waals surface area contributed by atoms with Crippen LogP contribution in [0.25, 0.3) is 0 Å². The van der Waals surface area contributed by atoms with Crippen LogP contribution in [0, 0.1) is 11.3 Å². The number of nitrogens with one attached hydrogen (secondary N) is 1. The molecule has 3 heteroatoms. The van der Waals surface area contributed by atoms with Crippen LogP contribution in [0.3, 0.4) is 0 Å². The second-order valence-corrected chi connectivity index (χ2v) is 6.91. The molecule has 0 aliphatic heterocycles. The molecule has 3 nitrogen and oxygen atoms in total. The highest BCUT2D eigenvalue weighted by Gasteiger charge is 2.32. The van der Waals surface area contributed by atoms with Gasteiger partial charge in [-0.2, -0.15) is 5.10 Å². The van der Waals surface area contributed by atoms with E-state index in [4.69, 9.17) is 0 Å². The van der Waals surface area contributed by atoms with E-state index < -0.39 is 0 Å². The van der Waals surface area contributed by atoms with E-state index in [1.54, 1.807) is 0 Å². The molecule has 1 aromatic heterocycles. The van der Waals surface area contributed by atoms with E-state index in [0.717, 1.165) is 12.5 Å². The van der Waals surface area contributed by atoms with Crippen molar-refractivity contribution in [1.82, 2.24) is 15.1 Å². The number of rotatable bonds is 4. The Hall–Kier alpha value is -0.830. The Morgan fingerprint density at radius 1 is 1.44 bits per heavy atom. The van der Waals surface area contributed by atoms with Crippen LogP contribution in [-0.4, -0.2) is 21.9 Å². The fraction of sp³-hybridized carbons (Fsp3) is 0.800. The van der Waals surface area contributed by atoms with Crippen molar-refractivity contribution in [1.29, 1.82) is 0 Å². The predicted octanol–water partition coefficient (Wildman–Crippen LogP) is 3.08. The first kappa shape index (κ1) is 13.6. The largest absolute Gasteiger partial charge is 0.310 e. The van der Waals surface area contributed by atoms with Crippen LogP contribution in [0.1, 0.15) is 47.0 Å². The van der Waals surface area contributed by atoms with E-state index in [9.17, 15) is 0 Å². The van der Waals surface area contributed by atoms with E-state index >= 15 is 0 Å². The van der Waals surface area contributed by atoms with Crippen molar-refractivity contribution in [2.75, 3.05) is 0 Å². The molecular weight excluding hydrogens is 222 g/mol. The van der Waals surface area contributed by atoms with Crippen LogP contribution in [0.2, 0.25) is 0 Å². The van der Waals surface area contributed by atoms with Gasteiger partial charge in [0.05, 0.1) is 6.54 Å². The summed E-state index contributed by atoms with van der Waals surface area (Å²) in [7, 11) is 0. The van der Waals surface area contributed by atoms with Crippen LogP contribution < -0.4 is 5.32 Å². The summed E-state index contributed by atoms with van der Waals surface area (Å²) in [5.74, 6) is 0.836. The molecule has 2 rings (SSSR count). The lowest BCUT2D eigenvalue weighted by Gasteiger charge is -2.40. The summed E-state index contributed by atoms with van der Waals surface area (Å²) in [4.78, 5) is 0. The van der Waals surface area contributed by atoms with Crippen molar-refractivity contribution in [2.45, 2.75) is 65.6 Å². The van der Waals surface area contributed by atoms with Crippen LogP contribution in [0.4, 0.5) is 0 Å². The van der Waals surface area contributed by atoms with Crippen LogP contribution in [0.5, 0.6) is 0 Å². The molecule has 0 amide bonds. The summed E-state index contributed by atoms with van der Waals surface area (Å²) in [6, 6.07) is 3.13. The van der Waals surface area contributed by atoms with Gasteiger partial charge in [0, 0.05) is 24.5 Å². The molecule has 0 radical (unpaired) electrons. The Morgan fingerprint density at radius 3 is 2.83 bits per heavy atom. The van der Waals surface area contributed by atoms with Gasteiger partial charge in [0.15, 0.2) is 0 Å². The molecular formula is C15H27N3. The average Bonchev–Trinajstić information content (AvgIpc) is 2.66. The Bertz CT molecular complexity index is 356. The predicted molar refractivity (Wildman–Crippen MR) is 75.4 cm³/mol. The molecule has 0 bridgehead atoms. The van der Waals surface area contributed by atoms with E-state index in [1.165, 1.54) is 19.3 Å². The Kier molecular flexibility index (Phi) is 4.10. The van der Waals surface area contributed by atoms with Gasteiger partial charge in [0.2, 0.25) is 0 Å².